The number of likely N-dealkylation sites (tertiary alicyclic amines) is 1. The Morgan fingerprint density at radius 2 is 2.00 bits per heavy atom. The van der Waals surface area contributed by atoms with E-state index >= 15 is 0 Å². The molecule has 0 aromatic carbocycles. The zero-order valence-electron chi connectivity index (χ0n) is 16.6. The summed E-state index contributed by atoms with van der Waals surface area (Å²) in [6.07, 6.45) is 4.85. The second kappa shape index (κ2) is 7.15. The number of rotatable bonds is 3. The fourth-order valence-electron chi connectivity index (χ4n) is 4.14. The highest BCUT2D eigenvalue weighted by Crippen LogP contribution is 2.35. The highest BCUT2D eigenvalue weighted by atomic mass is 16.5. The molecule has 146 valence electrons. The number of carbonyl (C=O) groups is 1. The molecule has 4 heterocycles. The first-order valence-corrected chi connectivity index (χ1v) is 10.0. The molecule has 1 unspecified atom stereocenters. The summed E-state index contributed by atoms with van der Waals surface area (Å²) in [5.41, 5.74) is 2.06. The molecule has 0 bridgehead atoms. The van der Waals surface area contributed by atoms with Gasteiger partial charge < -0.3 is 15.0 Å². The molecule has 27 heavy (non-hydrogen) atoms. The van der Waals surface area contributed by atoms with Gasteiger partial charge in [0.15, 0.2) is 0 Å². The van der Waals surface area contributed by atoms with Crippen molar-refractivity contribution < 1.29 is 9.53 Å². The number of ether oxygens (including phenoxy) is 1. The molecule has 0 saturated carbocycles. The Balaban J connectivity index is 1.53. The van der Waals surface area contributed by atoms with Gasteiger partial charge in [-0.15, -0.1) is 0 Å². The maximum absolute atomic E-state index is 12.7. The average molecular weight is 370 g/mol. The Bertz CT molecular complexity index is 809. The second-order valence-electron chi connectivity index (χ2n) is 8.81. The smallest absolute Gasteiger partial charge is 0.228 e. The standard InChI is InChI=1S/C21H30N4O2/c1-21(2,3)23-19-18(22-17-6-4-5-10-25(17)19)15-7-11-24(12-8-15)20(26)16-9-13-27-14-16/h4-6,10,15-16,23H,7-9,11-14H2,1-3H3. The predicted molar refractivity (Wildman–Crippen MR) is 106 cm³/mol. The van der Waals surface area contributed by atoms with Crippen LogP contribution >= 0.6 is 0 Å². The fourth-order valence-corrected chi connectivity index (χ4v) is 4.14. The molecule has 2 aromatic rings. The number of piperidine rings is 1. The molecule has 4 rings (SSSR count). The van der Waals surface area contributed by atoms with Crippen LogP contribution in [0.2, 0.25) is 0 Å². The zero-order chi connectivity index (χ0) is 19.0. The third kappa shape index (κ3) is 3.81. The van der Waals surface area contributed by atoms with Gasteiger partial charge in [-0.05, 0) is 52.2 Å². The summed E-state index contributed by atoms with van der Waals surface area (Å²) in [5, 5.41) is 3.65. The van der Waals surface area contributed by atoms with Crippen LogP contribution in [0.15, 0.2) is 24.4 Å². The first-order valence-electron chi connectivity index (χ1n) is 10.0. The van der Waals surface area contributed by atoms with Gasteiger partial charge in [-0.25, -0.2) is 4.98 Å². The van der Waals surface area contributed by atoms with Crippen molar-refractivity contribution >= 4 is 17.4 Å². The predicted octanol–water partition coefficient (Wildman–Crippen LogP) is 3.29. The lowest BCUT2D eigenvalue weighted by atomic mass is 9.92. The number of pyridine rings is 1. The molecule has 2 aliphatic heterocycles. The number of carbonyl (C=O) groups excluding carboxylic acids is 1. The van der Waals surface area contributed by atoms with Crippen LogP contribution in [-0.4, -0.2) is 52.0 Å². The number of imidazole rings is 1. The number of nitrogens with one attached hydrogen (secondary N) is 1. The second-order valence-corrected chi connectivity index (χ2v) is 8.81. The third-order valence-electron chi connectivity index (χ3n) is 5.52. The van der Waals surface area contributed by atoms with Crippen LogP contribution in [0.25, 0.3) is 5.65 Å². The molecule has 1 atom stereocenters. The van der Waals surface area contributed by atoms with E-state index in [4.69, 9.17) is 9.72 Å². The molecule has 1 amide bonds. The monoisotopic (exact) mass is 370 g/mol. The molecule has 2 aliphatic rings. The average Bonchev–Trinajstić information content (AvgIpc) is 3.29. The van der Waals surface area contributed by atoms with Crippen LogP contribution in [-0.2, 0) is 9.53 Å². The largest absolute Gasteiger partial charge is 0.381 e. The van der Waals surface area contributed by atoms with E-state index in [0.29, 0.717) is 12.5 Å². The Morgan fingerprint density at radius 3 is 2.67 bits per heavy atom. The van der Waals surface area contributed by atoms with E-state index in [9.17, 15) is 4.79 Å². The van der Waals surface area contributed by atoms with E-state index in [2.05, 4.69) is 42.8 Å². The molecule has 0 spiro atoms. The molecular weight excluding hydrogens is 340 g/mol. The van der Waals surface area contributed by atoms with Crippen molar-refractivity contribution in [2.45, 2.75) is 51.5 Å². The van der Waals surface area contributed by atoms with E-state index < -0.39 is 0 Å². The minimum atomic E-state index is -0.0420. The highest BCUT2D eigenvalue weighted by molar-refractivity contribution is 5.79. The molecular formula is C21H30N4O2. The maximum atomic E-state index is 12.7. The van der Waals surface area contributed by atoms with Crippen molar-refractivity contribution in [3.8, 4) is 0 Å². The van der Waals surface area contributed by atoms with E-state index in [1.807, 2.05) is 17.0 Å². The van der Waals surface area contributed by atoms with Gasteiger partial charge in [-0.3, -0.25) is 9.20 Å². The van der Waals surface area contributed by atoms with Gasteiger partial charge in [0.05, 0.1) is 18.2 Å². The minimum Gasteiger partial charge on any atom is -0.381 e. The van der Waals surface area contributed by atoms with Crippen molar-refractivity contribution in [1.82, 2.24) is 14.3 Å². The zero-order valence-corrected chi connectivity index (χ0v) is 16.6. The van der Waals surface area contributed by atoms with Crippen LogP contribution in [0.4, 0.5) is 5.82 Å². The van der Waals surface area contributed by atoms with Gasteiger partial charge in [0.2, 0.25) is 5.91 Å². The minimum absolute atomic E-state index is 0.0420. The first-order chi connectivity index (χ1) is 12.9. The Hall–Kier alpha value is -2.08. The van der Waals surface area contributed by atoms with Crippen molar-refractivity contribution in [2.24, 2.45) is 5.92 Å². The van der Waals surface area contributed by atoms with E-state index in [-0.39, 0.29) is 17.4 Å². The number of aromatic nitrogens is 2. The number of anilines is 1. The molecule has 2 fully saturated rings. The lowest BCUT2D eigenvalue weighted by Gasteiger charge is -2.33. The summed E-state index contributed by atoms with van der Waals surface area (Å²) in [7, 11) is 0. The summed E-state index contributed by atoms with van der Waals surface area (Å²) in [5.74, 6) is 1.80. The summed E-state index contributed by atoms with van der Waals surface area (Å²) in [6, 6.07) is 6.12. The van der Waals surface area contributed by atoms with Crippen molar-refractivity contribution in [3.05, 3.63) is 30.1 Å². The SMILES string of the molecule is CC(C)(C)Nc1c(C2CCN(C(=O)C3CCOC3)CC2)nc2ccccn12. The first kappa shape index (κ1) is 18.3. The van der Waals surface area contributed by atoms with E-state index in [0.717, 1.165) is 56.1 Å². The number of fused-ring (bicyclic) bond motifs is 1. The molecule has 0 aliphatic carbocycles. The number of hydrogen-bond acceptors (Lipinski definition) is 4. The van der Waals surface area contributed by atoms with Crippen LogP contribution in [0.5, 0.6) is 0 Å². The van der Waals surface area contributed by atoms with Crippen LogP contribution in [0.3, 0.4) is 0 Å². The van der Waals surface area contributed by atoms with Gasteiger partial charge in [0.25, 0.3) is 0 Å². The summed E-state index contributed by atoms with van der Waals surface area (Å²) in [6.45, 7) is 9.44. The summed E-state index contributed by atoms with van der Waals surface area (Å²) >= 11 is 0. The van der Waals surface area contributed by atoms with Crippen molar-refractivity contribution in [1.29, 1.82) is 0 Å². The van der Waals surface area contributed by atoms with Gasteiger partial charge in [-0.1, -0.05) is 6.07 Å². The van der Waals surface area contributed by atoms with E-state index in [1.54, 1.807) is 0 Å². The maximum Gasteiger partial charge on any atom is 0.228 e. The molecule has 0 radical (unpaired) electrons. The van der Waals surface area contributed by atoms with Gasteiger partial charge in [-0.2, -0.15) is 0 Å². The van der Waals surface area contributed by atoms with E-state index in [1.165, 1.54) is 0 Å². The quantitative estimate of drug-likeness (QED) is 0.901. The lowest BCUT2D eigenvalue weighted by Crippen LogP contribution is -2.41. The molecule has 6 nitrogen and oxygen atoms in total. The number of hydrogen-bond donors (Lipinski definition) is 1. The number of amides is 1. The summed E-state index contributed by atoms with van der Waals surface area (Å²) < 4.78 is 7.53. The molecule has 1 N–H and O–H groups in total. The van der Waals surface area contributed by atoms with Gasteiger partial charge >= 0.3 is 0 Å². The summed E-state index contributed by atoms with van der Waals surface area (Å²) in [4.78, 5) is 19.6. The van der Waals surface area contributed by atoms with Crippen LogP contribution in [0, 0.1) is 5.92 Å². The Morgan fingerprint density at radius 1 is 1.22 bits per heavy atom. The van der Waals surface area contributed by atoms with Gasteiger partial charge in [0.1, 0.15) is 11.5 Å². The molecule has 6 heteroatoms. The highest BCUT2D eigenvalue weighted by Gasteiger charge is 2.33. The van der Waals surface area contributed by atoms with Gasteiger partial charge in [0, 0.05) is 37.4 Å². The Kier molecular flexibility index (Phi) is 4.84. The third-order valence-corrected chi connectivity index (χ3v) is 5.52. The van der Waals surface area contributed by atoms with Crippen LogP contribution in [0.1, 0.15) is 51.6 Å². The van der Waals surface area contributed by atoms with Crippen LogP contribution < -0.4 is 5.32 Å². The fraction of sp³-hybridized carbons (Fsp3) is 0.619. The topological polar surface area (TPSA) is 58.9 Å². The van der Waals surface area contributed by atoms with Crippen molar-refractivity contribution in [3.63, 3.8) is 0 Å². The lowest BCUT2D eigenvalue weighted by molar-refractivity contribution is -0.136. The number of nitrogens with zero attached hydrogens (tertiary/aromatic N) is 3. The Labute approximate surface area is 160 Å². The molecule has 2 aromatic heterocycles. The van der Waals surface area contributed by atoms with Crippen molar-refractivity contribution in [2.75, 3.05) is 31.6 Å². The normalized spacial score (nSPS) is 21.7. The molecule has 2 saturated heterocycles.